The van der Waals surface area contributed by atoms with E-state index < -0.39 is 17.9 Å². The number of carbonyl (C=O) groups is 2. The van der Waals surface area contributed by atoms with Crippen molar-refractivity contribution in [3.05, 3.63) is 34.9 Å². The van der Waals surface area contributed by atoms with E-state index in [0.29, 0.717) is 19.6 Å². The number of aromatic nitrogens is 2. The lowest BCUT2D eigenvalue weighted by atomic mass is 10.1. The highest BCUT2D eigenvalue weighted by Crippen LogP contribution is 2.27. The van der Waals surface area contributed by atoms with Crippen molar-refractivity contribution in [2.75, 3.05) is 26.2 Å². The number of hydrogen-bond donors (Lipinski definition) is 2. The third-order valence-corrected chi connectivity index (χ3v) is 4.42. The molecule has 0 bridgehead atoms. The fraction of sp³-hybridized carbons (Fsp3) is 0.579. The Morgan fingerprint density at radius 3 is 2.76 bits per heavy atom. The van der Waals surface area contributed by atoms with Crippen LogP contribution in [0, 0.1) is 6.92 Å². The first-order valence-corrected chi connectivity index (χ1v) is 9.40. The molecule has 0 spiro atoms. The summed E-state index contributed by atoms with van der Waals surface area (Å²) in [5.41, 5.74) is 0.332. The van der Waals surface area contributed by atoms with Crippen molar-refractivity contribution in [2.45, 2.75) is 45.8 Å². The zero-order valence-corrected chi connectivity index (χ0v) is 16.8. The number of piperazine rings is 1. The minimum absolute atomic E-state index is 0.0122. The summed E-state index contributed by atoms with van der Waals surface area (Å²) in [6, 6.07) is 0.302. The van der Waals surface area contributed by atoms with Crippen LogP contribution in [0.1, 0.15) is 37.5 Å². The summed E-state index contributed by atoms with van der Waals surface area (Å²) in [5.74, 6) is -0.540. The number of halogens is 3. The molecular weight excluding hydrogens is 387 g/mol. The third kappa shape index (κ3) is 7.12. The van der Waals surface area contributed by atoms with Gasteiger partial charge >= 0.3 is 6.18 Å². The molecule has 2 rings (SSSR count). The van der Waals surface area contributed by atoms with Crippen LogP contribution in [-0.4, -0.2) is 58.9 Å². The summed E-state index contributed by atoms with van der Waals surface area (Å²) >= 11 is 0. The van der Waals surface area contributed by atoms with Gasteiger partial charge in [0.05, 0.1) is 12.5 Å². The largest absolute Gasteiger partial charge is 0.433 e. The van der Waals surface area contributed by atoms with Crippen molar-refractivity contribution in [1.29, 1.82) is 0 Å². The van der Waals surface area contributed by atoms with Crippen LogP contribution in [0.15, 0.2) is 17.7 Å². The number of alkyl halides is 3. The normalized spacial score (nSPS) is 17.6. The number of nitrogens with one attached hydrogen (secondary N) is 2. The number of nitrogens with zero attached hydrogens (tertiary/aromatic N) is 3. The van der Waals surface area contributed by atoms with E-state index in [9.17, 15) is 22.8 Å². The second-order valence-corrected chi connectivity index (χ2v) is 7.20. The molecule has 0 aliphatic carbocycles. The number of allylic oxidation sites excluding steroid dienone is 1. The minimum Gasteiger partial charge on any atom is -0.356 e. The Kier molecular flexibility index (Phi) is 7.72. The van der Waals surface area contributed by atoms with Crippen LogP contribution in [0.4, 0.5) is 13.2 Å². The van der Waals surface area contributed by atoms with Crippen LogP contribution in [0.3, 0.4) is 0 Å². The topological polar surface area (TPSA) is 87.2 Å². The standard InChI is InChI=1S/C19H26F3N5O2/c1-12(2)5-8-27-9-7-24-18(29)14(27)11-17(28)23-6-4-16-25-13(3)10-15(26-16)19(20,21)22/h5,10,14H,4,6-9,11H2,1-3H3,(H,23,28)(H,24,29). The van der Waals surface area contributed by atoms with Crippen LogP contribution < -0.4 is 10.6 Å². The molecule has 7 nitrogen and oxygen atoms in total. The molecule has 1 aromatic heterocycles. The van der Waals surface area contributed by atoms with Gasteiger partial charge in [-0.1, -0.05) is 11.6 Å². The lowest BCUT2D eigenvalue weighted by molar-refractivity contribution is -0.141. The SMILES string of the molecule is CC(C)=CCN1CCNC(=O)C1CC(=O)NCCc1nc(C)cc(C(F)(F)F)n1. The molecule has 0 saturated carbocycles. The van der Waals surface area contributed by atoms with Gasteiger partial charge in [0, 0.05) is 38.3 Å². The first-order valence-electron chi connectivity index (χ1n) is 9.40. The van der Waals surface area contributed by atoms with Crippen LogP contribution >= 0.6 is 0 Å². The average Bonchev–Trinajstić information content (AvgIpc) is 2.61. The Bertz CT molecular complexity index is 776. The lowest BCUT2D eigenvalue weighted by Crippen LogP contribution is -2.56. The zero-order chi connectivity index (χ0) is 21.6. The van der Waals surface area contributed by atoms with Crippen molar-refractivity contribution in [3.8, 4) is 0 Å². The monoisotopic (exact) mass is 413 g/mol. The molecule has 1 atom stereocenters. The molecule has 160 valence electrons. The number of aryl methyl sites for hydroxylation is 1. The van der Waals surface area contributed by atoms with Gasteiger partial charge in [-0.3, -0.25) is 14.5 Å². The number of rotatable bonds is 7. The Morgan fingerprint density at radius 1 is 1.38 bits per heavy atom. The Morgan fingerprint density at radius 2 is 2.10 bits per heavy atom. The summed E-state index contributed by atoms with van der Waals surface area (Å²) in [6.45, 7) is 7.21. The Labute approximate surface area is 167 Å². The van der Waals surface area contributed by atoms with E-state index in [1.807, 2.05) is 24.8 Å². The van der Waals surface area contributed by atoms with Crippen molar-refractivity contribution >= 4 is 11.8 Å². The van der Waals surface area contributed by atoms with E-state index in [-0.39, 0.29) is 42.7 Å². The summed E-state index contributed by atoms with van der Waals surface area (Å²) in [4.78, 5) is 33.9. The number of amides is 2. The maximum atomic E-state index is 12.8. The van der Waals surface area contributed by atoms with E-state index in [1.165, 1.54) is 6.92 Å². The summed E-state index contributed by atoms with van der Waals surface area (Å²) < 4.78 is 38.5. The molecule has 2 heterocycles. The molecule has 0 aromatic carbocycles. The van der Waals surface area contributed by atoms with E-state index in [1.54, 1.807) is 0 Å². The van der Waals surface area contributed by atoms with Crippen molar-refractivity contribution in [2.24, 2.45) is 0 Å². The summed E-state index contributed by atoms with van der Waals surface area (Å²) in [7, 11) is 0. The first kappa shape index (κ1) is 22.8. The van der Waals surface area contributed by atoms with Crippen molar-refractivity contribution in [1.82, 2.24) is 25.5 Å². The molecule has 29 heavy (non-hydrogen) atoms. The van der Waals surface area contributed by atoms with E-state index in [4.69, 9.17) is 0 Å². The predicted molar refractivity (Wildman–Crippen MR) is 101 cm³/mol. The quantitative estimate of drug-likeness (QED) is 0.664. The van der Waals surface area contributed by atoms with Gasteiger partial charge in [0.25, 0.3) is 0 Å². The lowest BCUT2D eigenvalue weighted by Gasteiger charge is -2.34. The highest BCUT2D eigenvalue weighted by atomic mass is 19.4. The molecule has 1 aromatic rings. The molecule has 2 amide bonds. The average molecular weight is 413 g/mol. The van der Waals surface area contributed by atoms with Gasteiger partial charge in [-0.25, -0.2) is 9.97 Å². The molecule has 1 aliphatic heterocycles. The predicted octanol–water partition coefficient (Wildman–Crippen LogP) is 1.62. The first-order chi connectivity index (χ1) is 13.6. The highest BCUT2D eigenvalue weighted by Gasteiger charge is 2.33. The van der Waals surface area contributed by atoms with Gasteiger partial charge in [0.1, 0.15) is 11.5 Å². The number of carbonyl (C=O) groups excluding carboxylic acids is 2. The maximum absolute atomic E-state index is 12.8. The molecule has 10 heteroatoms. The van der Waals surface area contributed by atoms with Crippen LogP contribution in [0.2, 0.25) is 0 Å². The maximum Gasteiger partial charge on any atom is 0.433 e. The van der Waals surface area contributed by atoms with E-state index >= 15 is 0 Å². The fourth-order valence-corrected chi connectivity index (χ4v) is 2.95. The minimum atomic E-state index is -4.55. The number of hydrogen-bond acceptors (Lipinski definition) is 5. The Hall–Kier alpha value is -2.49. The van der Waals surface area contributed by atoms with Gasteiger partial charge in [-0.05, 0) is 26.8 Å². The molecule has 1 saturated heterocycles. The van der Waals surface area contributed by atoms with E-state index in [2.05, 4.69) is 20.6 Å². The van der Waals surface area contributed by atoms with Crippen LogP contribution in [-0.2, 0) is 22.2 Å². The third-order valence-electron chi connectivity index (χ3n) is 4.42. The van der Waals surface area contributed by atoms with E-state index in [0.717, 1.165) is 11.6 Å². The smallest absolute Gasteiger partial charge is 0.356 e. The fourth-order valence-electron chi connectivity index (χ4n) is 2.95. The molecule has 0 radical (unpaired) electrons. The van der Waals surface area contributed by atoms with Crippen molar-refractivity contribution in [3.63, 3.8) is 0 Å². The van der Waals surface area contributed by atoms with Gasteiger partial charge in [0.15, 0.2) is 0 Å². The molecule has 1 fully saturated rings. The summed E-state index contributed by atoms with van der Waals surface area (Å²) in [5, 5.41) is 5.40. The van der Waals surface area contributed by atoms with Crippen LogP contribution in [0.5, 0.6) is 0 Å². The molecule has 1 aliphatic rings. The van der Waals surface area contributed by atoms with Gasteiger partial charge in [-0.2, -0.15) is 13.2 Å². The van der Waals surface area contributed by atoms with Crippen molar-refractivity contribution < 1.29 is 22.8 Å². The van der Waals surface area contributed by atoms with Gasteiger partial charge in [-0.15, -0.1) is 0 Å². The van der Waals surface area contributed by atoms with Gasteiger partial charge in [0.2, 0.25) is 11.8 Å². The Balaban J connectivity index is 1.91. The molecule has 1 unspecified atom stereocenters. The zero-order valence-electron chi connectivity index (χ0n) is 16.8. The molecule has 2 N–H and O–H groups in total. The second-order valence-electron chi connectivity index (χ2n) is 7.20. The second kappa shape index (κ2) is 9.82. The molecular formula is C19H26F3N5O2. The van der Waals surface area contributed by atoms with Gasteiger partial charge < -0.3 is 10.6 Å². The van der Waals surface area contributed by atoms with Crippen LogP contribution in [0.25, 0.3) is 0 Å². The summed E-state index contributed by atoms with van der Waals surface area (Å²) in [6.07, 6.45) is -2.51. The highest BCUT2D eigenvalue weighted by molar-refractivity contribution is 5.88.